The molecule has 0 aromatic heterocycles. The van der Waals surface area contributed by atoms with Gasteiger partial charge in [0.2, 0.25) is 0 Å². The Morgan fingerprint density at radius 2 is 1.24 bits per heavy atom. The van der Waals surface area contributed by atoms with E-state index in [0.717, 1.165) is 11.3 Å². The number of para-hydroxylation sites is 1. The van der Waals surface area contributed by atoms with Crippen LogP contribution in [-0.2, 0) is 11.0 Å². The van der Waals surface area contributed by atoms with Gasteiger partial charge in [-0.05, 0) is 28.0 Å². The lowest BCUT2D eigenvalue weighted by atomic mass is 10.2. The van der Waals surface area contributed by atoms with Crippen molar-refractivity contribution in [3.05, 3.63) is 66.2 Å². The molecule has 0 aliphatic rings. The second-order valence-electron chi connectivity index (χ2n) is 8.24. The van der Waals surface area contributed by atoms with Gasteiger partial charge in [0, 0.05) is 5.69 Å². The van der Waals surface area contributed by atoms with E-state index in [1.165, 1.54) is 0 Å². The molecule has 2 aromatic rings. The molecular weight excluding hydrogens is 345 g/mol. The predicted molar refractivity (Wildman–Crippen MR) is 114 cm³/mol. The van der Waals surface area contributed by atoms with E-state index in [1.807, 2.05) is 48.5 Å². The van der Waals surface area contributed by atoms with Crippen LogP contribution in [-0.4, -0.2) is 14.5 Å². The van der Waals surface area contributed by atoms with Crippen LogP contribution in [0.15, 0.2) is 60.7 Å². The van der Waals surface area contributed by atoms with Crippen molar-refractivity contribution in [1.29, 1.82) is 0 Å². The summed E-state index contributed by atoms with van der Waals surface area (Å²) in [6.07, 6.45) is 0. The maximum absolute atomic E-state index is 13.5. The van der Waals surface area contributed by atoms with Gasteiger partial charge in [0.1, 0.15) is 11.0 Å². The first-order chi connectivity index (χ1) is 11.6. The summed E-state index contributed by atoms with van der Waals surface area (Å²) in [5, 5.41) is 0.171. The van der Waals surface area contributed by atoms with Gasteiger partial charge in [0.05, 0.1) is 4.99 Å². The van der Waals surface area contributed by atoms with Gasteiger partial charge in [-0.15, -0.1) is 0 Å². The van der Waals surface area contributed by atoms with Gasteiger partial charge in [0.15, 0.2) is 0 Å². The van der Waals surface area contributed by atoms with Crippen molar-refractivity contribution in [1.82, 2.24) is 0 Å². The van der Waals surface area contributed by atoms with E-state index in [9.17, 15) is 4.21 Å². The highest BCUT2D eigenvalue weighted by Crippen LogP contribution is 2.69. The molecule has 2 aromatic carbocycles. The zero-order chi connectivity index (χ0) is 18.7. The molecule has 2 rings (SSSR count). The third-order valence-electron chi connectivity index (χ3n) is 3.96. The minimum atomic E-state index is -1.20. The highest BCUT2D eigenvalue weighted by atomic mass is 32.2. The zero-order valence-electron chi connectivity index (χ0n) is 16.1. The van der Waals surface area contributed by atoms with Gasteiger partial charge in [-0.3, -0.25) is 0 Å². The summed E-state index contributed by atoms with van der Waals surface area (Å²) >= 11 is 0. The summed E-state index contributed by atoms with van der Waals surface area (Å²) in [4.78, 5) is -0.0311. The first-order valence-corrected chi connectivity index (χ1v) is 11.3. The fourth-order valence-corrected chi connectivity index (χ4v) is 11.0. The molecule has 4 heteroatoms. The van der Waals surface area contributed by atoms with Crippen LogP contribution < -0.4 is 4.72 Å². The Kier molecular flexibility index (Phi) is 6.45. The SMILES string of the molecule is CC(C)(C)P(C(c1ccccc1)S(=O)Nc1ccccc1)C(C)(C)C. The van der Waals surface area contributed by atoms with E-state index in [4.69, 9.17) is 0 Å². The van der Waals surface area contributed by atoms with Gasteiger partial charge < -0.3 is 4.72 Å². The molecule has 1 N–H and O–H groups in total. The van der Waals surface area contributed by atoms with Crippen molar-refractivity contribution >= 4 is 24.6 Å². The number of rotatable bonds is 5. The van der Waals surface area contributed by atoms with E-state index in [1.54, 1.807) is 0 Å². The standard InChI is InChI=1S/C21H30NOPS/c1-20(2,3)24(21(4,5)6)19(17-13-9-7-10-14-17)25(23)22-18-15-11-8-12-16-18/h7-16,19,22H,1-6H3. The van der Waals surface area contributed by atoms with Gasteiger partial charge >= 0.3 is 0 Å². The van der Waals surface area contributed by atoms with Gasteiger partial charge in [-0.2, -0.15) is 0 Å². The Morgan fingerprint density at radius 1 is 0.800 bits per heavy atom. The Labute approximate surface area is 156 Å². The average molecular weight is 376 g/mol. The molecule has 0 bridgehead atoms. The summed E-state index contributed by atoms with van der Waals surface area (Å²) in [6.45, 7) is 13.7. The third-order valence-corrected chi connectivity index (χ3v) is 9.94. The van der Waals surface area contributed by atoms with Gasteiger partial charge in [-0.1, -0.05) is 98.0 Å². The van der Waals surface area contributed by atoms with Crippen molar-refractivity contribution in [3.63, 3.8) is 0 Å². The Morgan fingerprint density at radius 3 is 1.68 bits per heavy atom. The quantitative estimate of drug-likeness (QED) is 0.591. The van der Waals surface area contributed by atoms with Crippen molar-refractivity contribution in [3.8, 4) is 0 Å². The molecular formula is C21H30NOPS. The number of nitrogens with one attached hydrogen (secondary N) is 1. The smallest absolute Gasteiger partial charge is 0.129 e. The third kappa shape index (κ3) is 5.39. The van der Waals surface area contributed by atoms with Crippen LogP contribution in [0.2, 0.25) is 0 Å². The maximum atomic E-state index is 13.5. The van der Waals surface area contributed by atoms with Crippen LogP contribution in [0.3, 0.4) is 0 Å². The van der Waals surface area contributed by atoms with E-state index in [2.05, 4.69) is 58.4 Å². The molecule has 0 fully saturated rings. The Balaban J connectivity index is 2.48. The van der Waals surface area contributed by atoms with Crippen molar-refractivity contribution in [2.45, 2.75) is 56.8 Å². The lowest BCUT2D eigenvalue weighted by Gasteiger charge is -2.46. The minimum absolute atomic E-state index is 0.0311. The Bertz CT molecular complexity index is 675. The van der Waals surface area contributed by atoms with Crippen LogP contribution in [0.4, 0.5) is 5.69 Å². The molecule has 2 unspecified atom stereocenters. The molecule has 0 saturated heterocycles. The molecule has 25 heavy (non-hydrogen) atoms. The van der Waals surface area contributed by atoms with Gasteiger partial charge in [0.25, 0.3) is 0 Å². The summed E-state index contributed by atoms with van der Waals surface area (Å²) in [7, 11) is -1.78. The molecule has 0 amide bonds. The van der Waals surface area contributed by atoms with Crippen molar-refractivity contribution < 1.29 is 4.21 Å². The summed E-state index contributed by atoms with van der Waals surface area (Å²) in [6, 6.07) is 20.2. The number of hydrogen-bond acceptors (Lipinski definition) is 1. The first kappa shape index (κ1) is 20.1. The lowest BCUT2D eigenvalue weighted by Crippen LogP contribution is -2.31. The Hall–Kier alpha value is -1.18. The monoisotopic (exact) mass is 375 g/mol. The van der Waals surface area contributed by atoms with Crippen LogP contribution >= 0.6 is 7.92 Å². The molecule has 2 nitrogen and oxygen atoms in total. The second kappa shape index (κ2) is 8.01. The molecule has 2 atom stereocenters. The molecule has 0 spiro atoms. The molecule has 136 valence electrons. The van der Waals surface area contributed by atoms with E-state index in [0.29, 0.717) is 0 Å². The number of anilines is 1. The van der Waals surface area contributed by atoms with Crippen LogP contribution in [0.1, 0.15) is 52.1 Å². The maximum Gasteiger partial charge on any atom is 0.129 e. The first-order valence-electron chi connectivity index (χ1n) is 8.67. The topological polar surface area (TPSA) is 29.1 Å². The fraction of sp³-hybridized carbons (Fsp3) is 0.429. The lowest BCUT2D eigenvalue weighted by molar-refractivity contribution is 0.675. The van der Waals surface area contributed by atoms with Crippen LogP contribution in [0.25, 0.3) is 0 Å². The normalized spacial score (nSPS) is 15.0. The molecule has 0 radical (unpaired) electrons. The zero-order valence-corrected chi connectivity index (χ0v) is 17.8. The van der Waals surface area contributed by atoms with Crippen molar-refractivity contribution in [2.75, 3.05) is 4.72 Å². The van der Waals surface area contributed by atoms with Crippen LogP contribution in [0.5, 0.6) is 0 Å². The predicted octanol–water partition coefficient (Wildman–Crippen LogP) is 6.54. The largest absolute Gasteiger partial charge is 0.304 e. The molecule has 0 saturated carbocycles. The highest BCUT2D eigenvalue weighted by Gasteiger charge is 2.43. The van der Waals surface area contributed by atoms with E-state index >= 15 is 0 Å². The van der Waals surface area contributed by atoms with E-state index < -0.39 is 18.9 Å². The number of hydrogen-bond donors (Lipinski definition) is 1. The number of benzene rings is 2. The van der Waals surface area contributed by atoms with Gasteiger partial charge in [-0.25, -0.2) is 4.21 Å². The van der Waals surface area contributed by atoms with E-state index in [-0.39, 0.29) is 15.3 Å². The molecule has 0 aliphatic carbocycles. The highest BCUT2D eigenvalue weighted by molar-refractivity contribution is 7.94. The molecule has 0 aliphatic heterocycles. The van der Waals surface area contributed by atoms with Crippen LogP contribution in [0, 0.1) is 0 Å². The minimum Gasteiger partial charge on any atom is -0.304 e. The summed E-state index contributed by atoms with van der Waals surface area (Å²) in [5.74, 6) is 0. The second-order valence-corrected chi connectivity index (χ2v) is 13.8. The summed E-state index contributed by atoms with van der Waals surface area (Å²) in [5.41, 5.74) is 2.06. The average Bonchev–Trinajstić information content (AvgIpc) is 2.51. The fourth-order valence-electron chi connectivity index (χ4n) is 3.37. The molecule has 0 heterocycles. The summed E-state index contributed by atoms with van der Waals surface area (Å²) < 4.78 is 16.7. The van der Waals surface area contributed by atoms with Crippen molar-refractivity contribution in [2.24, 2.45) is 0 Å².